The zero-order valence-corrected chi connectivity index (χ0v) is 25.3. The molecular weight excluding hydrogens is 575 g/mol. The topological polar surface area (TPSA) is 44.7 Å². The van der Waals surface area contributed by atoms with Gasteiger partial charge in [-0.05, 0) is 68.2 Å². The Bertz CT molecular complexity index is 1870. The molecule has 0 bridgehead atoms. The van der Waals surface area contributed by atoms with Crippen molar-refractivity contribution in [2.24, 2.45) is 0 Å². The quantitative estimate of drug-likeness (QED) is 0.200. The van der Waals surface area contributed by atoms with Crippen LogP contribution in [-0.2, 0) is 6.42 Å². The van der Waals surface area contributed by atoms with E-state index >= 15 is 13.2 Å². The number of nitrogens with zero attached hydrogens (tertiary/aromatic N) is 5. The lowest BCUT2D eigenvalue weighted by Gasteiger charge is -2.36. The van der Waals surface area contributed by atoms with Crippen LogP contribution in [0.1, 0.15) is 24.2 Å². The first-order valence-electron chi connectivity index (χ1n) is 15.3. The molecule has 2 aliphatic heterocycles. The molecule has 0 saturated carbocycles. The van der Waals surface area contributed by atoms with Crippen molar-refractivity contribution in [2.75, 3.05) is 50.1 Å². The standard InChI is InChI=1S/C36H34F3N5O/c1-42(2)26-12-14-43(15-13-26)32-11-10-23(18-28(32)37)19-34-40-22-30(39)35(41-34)25-20-29(38)36-33(21-25)44(16-17-45-36)31-9-5-7-24-6-3-4-8-27(24)31/h3-11,18,20-22,26H,12-17,19H2,1-2H3. The molecule has 1 aromatic heterocycles. The van der Waals surface area contributed by atoms with Crippen molar-refractivity contribution in [3.05, 3.63) is 108 Å². The second kappa shape index (κ2) is 12.0. The molecule has 0 amide bonds. The van der Waals surface area contributed by atoms with E-state index in [4.69, 9.17) is 4.74 Å². The molecule has 45 heavy (non-hydrogen) atoms. The molecule has 0 atom stereocenters. The molecule has 230 valence electrons. The van der Waals surface area contributed by atoms with Gasteiger partial charge in [-0.15, -0.1) is 0 Å². The Morgan fingerprint density at radius 1 is 0.822 bits per heavy atom. The van der Waals surface area contributed by atoms with Crippen LogP contribution in [-0.4, -0.2) is 61.2 Å². The van der Waals surface area contributed by atoms with Crippen LogP contribution in [0.15, 0.2) is 79.0 Å². The van der Waals surface area contributed by atoms with Gasteiger partial charge in [-0.1, -0.05) is 42.5 Å². The molecule has 4 aromatic carbocycles. The zero-order chi connectivity index (χ0) is 31.1. The van der Waals surface area contributed by atoms with E-state index in [9.17, 15) is 0 Å². The van der Waals surface area contributed by atoms with Crippen LogP contribution in [0.25, 0.3) is 22.0 Å². The lowest BCUT2D eigenvalue weighted by molar-refractivity contribution is 0.249. The van der Waals surface area contributed by atoms with Crippen molar-refractivity contribution in [2.45, 2.75) is 25.3 Å². The van der Waals surface area contributed by atoms with Crippen molar-refractivity contribution >= 4 is 27.8 Å². The fourth-order valence-corrected chi connectivity index (χ4v) is 6.53. The van der Waals surface area contributed by atoms with Crippen LogP contribution in [0.3, 0.4) is 0 Å². The van der Waals surface area contributed by atoms with Crippen molar-refractivity contribution in [3.63, 3.8) is 0 Å². The highest BCUT2D eigenvalue weighted by atomic mass is 19.1. The number of aromatic nitrogens is 2. The lowest BCUT2D eigenvalue weighted by Crippen LogP contribution is -2.42. The summed E-state index contributed by atoms with van der Waals surface area (Å²) in [4.78, 5) is 15.0. The van der Waals surface area contributed by atoms with Gasteiger partial charge in [0.2, 0.25) is 0 Å². The maximum atomic E-state index is 15.5. The predicted molar refractivity (Wildman–Crippen MR) is 172 cm³/mol. The maximum Gasteiger partial charge on any atom is 0.178 e. The Hall–Kier alpha value is -4.63. The molecule has 0 radical (unpaired) electrons. The summed E-state index contributed by atoms with van der Waals surface area (Å²) in [7, 11) is 4.16. The molecule has 9 heteroatoms. The zero-order valence-electron chi connectivity index (χ0n) is 25.3. The van der Waals surface area contributed by atoms with Gasteiger partial charge in [0.1, 0.15) is 23.9 Å². The summed E-state index contributed by atoms with van der Waals surface area (Å²) >= 11 is 0. The van der Waals surface area contributed by atoms with E-state index in [1.807, 2.05) is 53.4 Å². The molecule has 7 rings (SSSR count). The van der Waals surface area contributed by atoms with Gasteiger partial charge in [0.15, 0.2) is 17.4 Å². The fraction of sp³-hybridized carbons (Fsp3) is 0.278. The van der Waals surface area contributed by atoms with Gasteiger partial charge < -0.3 is 19.4 Å². The summed E-state index contributed by atoms with van der Waals surface area (Å²) in [5, 5.41) is 2.08. The third-order valence-corrected chi connectivity index (χ3v) is 8.91. The highest BCUT2D eigenvalue weighted by Crippen LogP contribution is 2.43. The average Bonchev–Trinajstić information content (AvgIpc) is 3.05. The third kappa shape index (κ3) is 5.68. The molecule has 0 unspecified atom stereocenters. The molecule has 5 aromatic rings. The predicted octanol–water partition coefficient (Wildman–Crippen LogP) is 7.37. The Labute approximate surface area is 260 Å². The molecule has 3 heterocycles. The van der Waals surface area contributed by atoms with Crippen molar-refractivity contribution in [3.8, 4) is 17.0 Å². The smallest absolute Gasteiger partial charge is 0.178 e. The molecule has 1 fully saturated rings. The molecule has 0 spiro atoms. The Morgan fingerprint density at radius 2 is 1.62 bits per heavy atom. The minimum absolute atomic E-state index is 0.0222. The van der Waals surface area contributed by atoms with Crippen LogP contribution >= 0.6 is 0 Å². The van der Waals surface area contributed by atoms with Gasteiger partial charge in [0.25, 0.3) is 0 Å². The molecule has 1 saturated heterocycles. The van der Waals surface area contributed by atoms with Gasteiger partial charge in [-0.3, -0.25) is 0 Å². The summed E-state index contributed by atoms with van der Waals surface area (Å²) in [6, 6.07) is 22.6. The second-order valence-corrected chi connectivity index (χ2v) is 11.9. The van der Waals surface area contributed by atoms with Crippen LogP contribution < -0.4 is 14.5 Å². The number of ether oxygens (including phenoxy) is 1. The first-order valence-corrected chi connectivity index (χ1v) is 15.3. The van der Waals surface area contributed by atoms with Crippen molar-refractivity contribution in [1.82, 2.24) is 14.9 Å². The maximum absolute atomic E-state index is 15.5. The van der Waals surface area contributed by atoms with Crippen LogP contribution in [0.4, 0.5) is 30.2 Å². The average molecular weight is 610 g/mol. The summed E-state index contributed by atoms with van der Waals surface area (Å²) in [5.74, 6) is -1.14. The molecule has 0 aliphatic carbocycles. The fourth-order valence-electron chi connectivity index (χ4n) is 6.53. The molecule has 0 N–H and O–H groups in total. The van der Waals surface area contributed by atoms with Gasteiger partial charge in [0, 0.05) is 42.2 Å². The Kier molecular flexibility index (Phi) is 7.79. The van der Waals surface area contributed by atoms with E-state index in [2.05, 4.69) is 33.9 Å². The number of rotatable bonds is 6. The highest BCUT2D eigenvalue weighted by Gasteiger charge is 2.27. The van der Waals surface area contributed by atoms with E-state index < -0.39 is 11.6 Å². The highest BCUT2D eigenvalue weighted by molar-refractivity contribution is 5.97. The summed E-state index contributed by atoms with van der Waals surface area (Å²) in [6.45, 7) is 2.40. The Balaban J connectivity index is 1.17. The summed E-state index contributed by atoms with van der Waals surface area (Å²) < 4.78 is 51.8. The first-order chi connectivity index (χ1) is 21.9. The van der Waals surface area contributed by atoms with Gasteiger partial charge in [-0.2, -0.15) is 0 Å². The van der Waals surface area contributed by atoms with Crippen LogP contribution in [0, 0.1) is 17.5 Å². The number of fused-ring (bicyclic) bond motifs is 2. The minimum atomic E-state index is -0.672. The van der Waals surface area contributed by atoms with Gasteiger partial charge in [-0.25, -0.2) is 23.1 Å². The normalized spacial score (nSPS) is 15.4. The van der Waals surface area contributed by atoms with Crippen molar-refractivity contribution in [1.29, 1.82) is 0 Å². The van der Waals surface area contributed by atoms with Crippen molar-refractivity contribution < 1.29 is 17.9 Å². The van der Waals surface area contributed by atoms with Gasteiger partial charge in [0.05, 0.1) is 24.1 Å². The van der Waals surface area contributed by atoms with Crippen LogP contribution in [0.2, 0.25) is 0 Å². The lowest BCUT2D eigenvalue weighted by atomic mass is 10.0. The summed E-state index contributed by atoms with van der Waals surface area (Å²) in [5.41, 5.74) is 2.91. The van der Waals surface area contributed by atoms with E-state index in [-0.39, 0.29) is 29.2 Å². The SMILES string of the molecule is CN(C)C1CCN(c2ccc(Cc3ncc(F)c(-c4cc(F)c5c(c4)N(c4cccc6ccccc46)CCO5)n3)cc2F)CC1. The largest absolute Gasteiger partial charge is 0.486 e. The summed E-state index contributed by atoms with van der Waals surface area (Å²) in [6.07, 6.45) is 3.25. The number of benzene rings is 4. The van der Waals surface area contributed by atoms with Gasteiger partial charge >= 0.3 is 0 Å². The van der Waals surface area contributed by atoms with E-state index in [1.165, 1.54) is 12.1 Å². The molecule has 2 aliphatic rings. The monoisotopic (exact) mass is 609 g/mol. The van der Waals surface area contributed by atoms with E-state index in [0.717, 1.165) is 48.6 Å². The van der Waals surface area contributed by atoms with E-state index in [1.54, 1.807) is 12.1 Å². The number of hydrogen-bond donors (Lipinski definition) is 0. The number of anilines is 3. The number of hydrogen-bond acceptors (Lipinski definition) is 6. The minimum Gasteiger partial charge on any atom is -0.486 e. The number of halogens is 3. The Morgan fingerprint density at radius 3 is 2.42 bits per heavy atom. The van der Waals surface area contributed by atoms with Crippen LogP contribution in [0.5, 0.6) is 5.75 Å². The molecule has 6 nitrogen and oxygen atoms in total. The molecular formula is C36H34F3N5O. The van der Waals surface area contributed by atoms with E-state index in [0.29, 0.717) is 42.0 Å². The first kappa shape index (κ1) is 29.1. The second-order valence-electron chi connectivity index (χ2n) is 11.9. The third-order valence-electron chi connectivity index (χ3n) is 8.91. The number of piperidine rings is 1.